The molecule has 0 aliphatic rings. The number of nitro groups is 1. The van der Waals surface area contributed by atoms with E-state index in [1.807, 2.05) is 0 Å². The van der Waals surface area contributed by atoms with Crippen LogP contribution < -0.4 is 10.5 Å². The van der Waals surface area contributed by atoms with Crippen molar-refractivity contribution < 1.29 is 14.1 Å². The number of hydrogen-bond acceptors (Lipinski definition) is 4. The fraction of sp³-hybridized carbons (Fsp3) is 0.200. The molecule has 0 aliphatic carbocycles. The number of benzene rings is 2. The zero-order chi connectivity index (χ0) is 15.6. The summed E-state index contributed by atoms with van der Waals surface area (Å²) in [6.45, 7) is 3.39. The lowest BCUT2D eigenvalue weighted by Crippen LogP contribution is -2.08. The van der Waals surface area contributed by atoms with Gasteiger partial charge in [-0.25, -0.2) is 4.39 Å². The fourth-order valence-electron chi connectivity index (χ4n) is 1.96. The minimum atomic E-state index is -0.525. The van der Waals surface area contributed by atoms with Gasteiger partial charge in [0.1, 0.15) is 5.75 Å². The Balaban J connectivity index is 2.41. The number of hydrogen-bond donors (Lipinski definition) is 1. The van der Waals surface area contributed by atoms with Crippen molar-refractivity contribution in [2.24, 2.45) is 5.73 Å². The van der Waals surface area contributed by atoms with Gasteiger partial charge in [-0.05, 0) is 31.5 Å². The molecule has 0 amide bonds. The number of aryl methyl sites for hydroxylation is 1. The summed E-state index contributed by atoms with van der Waals surface area (Å²) in [7, 11) is 0. The van der Waals surface area contributed by atoms with Crippen LogP contribution >= 0.6 is 0 Å². The highest BCUT2D eigenvalue weighted by Gasteiger charge is 2.16. The van der Waals surface area contributed by atoms with Gasteiger partial charge in [-0.3, -0.25) is 10.1 Å². The van der Waals surface area contributed by atoms with Crippen LogP contribution in [0.5, 0.6) is 11.5 Å². The lowest BCUT2D eigenvalue weighted by Gasteiger charge is -2.15. The molecule has 6 heteroatoms. The second-order valence-corrected chi connectivity index (χ2v) is 4.76. The van der Waals surface area contributed by atoms with Crippen molar-refractivity contribution in [3.05, 3.63) is 63.5 Å². The number of para-hydroxylation sites is 1. The van der Waals surface area contributed by atoms with Gasteiger partial charge in [0.05, 0.1) is 4.92 Å². The second kappa shape index (κ2) is 5.88. The van der Waals surface area contributed by atoms with E-state index < -0.39 is 16.8 Å². The molecule has 0 fully saturated rings. The smallest absolute Gasteiger partial charge is 0.269 e. The molecule has 0 spiro atoms. The van der Waals surface area contributed by atoms with Gasteiger partial charge in [0.25, 0.3) is 5.69 Å². The second-order valence-electron chi connectivity index (χ2n) is 4.76. The van der Waals surface area contributed by atoms with Crippen LogP contribution in [0, 0.1) is 22.9 Å². The van der Waals surface area contributed by atoms with E-state index >= 15 is 0 Å². The summed E-state index contributed by atoms with van der Waals surface area (Å²) in [4.78, 5) is 10.2. The first-order valence-electron chi connectivity index (χ1n) is 6.37. The molecular weight excluding hydrogens is 275 g/mol. The summed E-state index contributed by atoms with van der Waals surface area (Å²) < 4.78 is 19.5. The minimum Gasteiger partial charge on any atom is -0.454 e. The molecule has 0 saturated carbocycles. The van der Waals surface area contributed by atoms with Crippen LogP contribution in [0.2, 0.25) is 0 Å². The standard InChI is InChI=1S/C15H15FN2O3/c1-9-8-11(18(19)20)6-7-14(9)21-15-12(10(2)17)4-3-5-13(15)16/h3-8,10H,17H2,1-2H3/t10-/m1/s1. The molecule has 0 aliphatic heterocycles. The van der Waals surface area contributed by atoms with Crippen molar-refractivity contribution in [2.75, 3.05) is 0 Å². The largest absolute Gasteiger partial charge is 0.454 e. The average molecular weight is 290 g/mol. The van der Waals surface area contributed by atoms with E-state index in [1.165, 1.54) is 24.3 Å². The van der Waals surface area contributed by atoms with Gasteiger partial charge in [0.15, 0.2) is 11.6 Å². The third kappa shape index (κ3) is 3.17. The van der Waals surface area contributed by atoms with Crippen LogP contribution in [-0.4, -0.2) is 4.92 Å². The van der Waals surface area contributed by atoms with Crippen LogP contribution in [0.1, 0.15) is 24.1 Å². The van der Waals surface area contributed by atoms with E-state index in [4.69, 9.17) is 10.5 Å². The SMILES string of the molecule is Cc1cc([N+](=O)[O-])ccc1Oc1c(F)cccc1[C@@H](C)N. The summed E-state index contributed by atoms with van der Waals surface area (Å²) in [5, 5.41) is 10.7. The molecule has 5 nitrogen and oxygen atoms in total. The maximum Gasteiger partial charge on any atom is 0.269 e. The lowest BCUT2D eigenvalue weighted by molar-refractivity contribution is -0.384. The van der Waals surface area contributed by atoms with Gasteiger partial charge in [0, 0.05) is 23.7 Å². The van der Waals surface area contributed by atoms with Gasteiger partial charge in [0.2, 0.25) is 0 Å². The zero-order valence-corrected chi connectivity index (χ0v) is 11.7. The average Bonchev–Trinajstić information content (AvgIpc) is 2.42. The molecule has 0 unspecified atom stereocenters. The van der Waals surface area contributed by atoms with Crippen molar-refractivity contribution >= 4 is 5.69 Å². The maximum absolute atomic E-state index is 13.9. The summed E-state index contributed by atoms with van der Waals surface area (Å²) in [5.41, 5.74) is 6.84. The molecule has 2 N–H and O–H groups in total. The molecule has 2 aromatic rings. The highest BCUT2D eigenvalue weighted by Crippen LogP contribution is 2.34. The Morgan fingerprint density at radius 3 is 2.62 bits per heavy atom. The van der Waals surface area contributed by atoms with Crippen LogP contribution in [0.4, 0.5) is 10.1 Å². The molecule has 110 valence electrons. The summed E-state index contributed by atoms with van der Waals surface area (Å²) in [6.07, 6.45) is 0. The van der Waals surface area contributed by atoms with Crippen LogP contribution in [0.3, 0.4) is 0 Å². The molecule has 0 radical (unpaired) electrons. The normalized spacial score (nSPS) is 12.0. The van der Waals surface area contributed by atoms with Crippen LogP contribution in [0.15, 0.2) is 36.4 Å². The van der Waals surface area contributed by atoms with E-state index in [2.05, 4.69) is 0 Å². The monoisotopic (exact) mass is 290 g/mol. The predicted octanol–water partition coefficient (Wildman–Crippen LogP) is 3.85. The van der Waals surface area contributed by atoms with E-state index in [9.17, 15) is 14.5 Å². The van der Waals surface area contributed by atoms with Gasteiger partial charge < -0.3 is 10.5 Å². The summed E-state index contributed by atoms with van der Waals surface area (Å²) in [6, 6.07) is 8.27. The molecule has 0 heterocycles. The highest BCUT2D eigenvalue weighted by atomic mass is 19.1. The summed E-state index contributed by atoms with van der Waals surface area (Å²) >= 11 is 0. The number of non-ortho nitro benzene ring substituents is 1. The Morgan fingerprint density at radius 1 is 1.33 bits per heavy atom. The van der Waals surface area contributed by atoms with Crippen molar-refractivity contribution in [1.82, 2.24) is 0 Å². The van der Waals surface area contributed by atoms with E-state index in [0.717, 1.165) is 0 Å². The maximum atomic E-state index is 13.9. The first kappa shape index (κ1) is 14.9. The highest BCUT2D eigenvalue weighted by molar-refractivity contribution is 5.47. The van der Waals surface area contributed by atoms with Crippen molar-refractivity contribution in [3.8, 4) is 11.5 Å². The Hall–Kier alpha value is -2.47. The number of halogens is 1. The number of rotatable bonds is 4. The minimum absolute atomic E-state index is 0.0409. The van der Waals surface area contributed by atoms with Crippen molar-refractivity contribution in [3.63, 3.8) is 0 Å². The molecule has 21 heavy (non-hydrogen) atoms. The number of ether oxygens (including phenoxy) is 1. The Bertz CT molecular complexity index is 687. The Morgan fingerprint density at radius 2 is 2.05 bits per heavy atom. The van der Waals surface area contributed by atoms with E-state index in [1.54, 1.807) is 26.0 Å². The molecule has 0 bridgehead atoms. The number of nitrogens with zero attached hydrogens (tertiary/aromatic N) is 1. The zero-order valence-electron chi connectivity index (χ0n) is 11.7. The van der Waals surface area contributed by atoms with E-state index in [0.29, 0.717) is 16.9 Å². The first-order chi connectivity index (χ1) is 9.90. The van der Waals surface area contributed by atoms with Crippen molar-refractivity contribution in [1.29, 1.82) is 0 Å². The topological polar surface area (TPSA) is 78.4 Å². The quantitative estimate of drug-likeness (QED) is 0.685. The third-order valence-corrected chi connectivity index (χ3v) is 3.07. The lowest BCUT2D eigenvalue weighted by atomic mass is 10.1. The number of nitrogens with two attached hydrogens (primary N) is 1. The Kier molecular flexibility index (Phi) is 4.18. The van der Waals surface area contributed by atoms with Gasteiger partial charge >= 0.3 is 0 Å². The van der Waals surface area contributed by atoms with Crippen molar-refractivity contribution in [2.45, 2.75) is 19.9 Å². The predicted molar refractivity (Wildman–Crippen MR) is 76.9 cm³/mol. The molecule has 2 rings (SSSR count). The van der Waals surface area contributed by atoms with E-state index in [-0.39, 0.29) is 11.4 Å². The third-order valence-electron chi connectivity index (χ3n) is 3.07. The fourth-order valence-corrected chi connectivity index (χ4v) is 1.96. The van der Waals surface area contributed by atoms with Crippen LogP contribution in [-0.2, 0) is 0 Å². The summed E-state index contributed by atoms with van der Waals surface area (Å²) in [5.74, 6) is -0.125. The molecule has 0 aromatic heterocycles. The first-order valence-corrected chi connectivity index (χ1v) is 6.37. The Labute approximate surface area is 121 Å². The molecule has 0 saturated heterocycles. The molecular formula is C15H15FN2O3. The molecule has 2 aromatic carbocycles. The van der Waals surface area contributed by atoms with Gasteiger partial charge in [-0.15, -0.1) is 0 Å². The van der Waals surface area contributed by atoms with Gasteiger partial charge in [-0.2, -0.15) is 0 Å². The van der Waals surface area contributed by atoms with Crippen LogP contribution in [0.25, 0.3) is 0 Å². The van der Waals surface area contributed by atoms with Gasteiger partial charge in [-0.1, -0.05) is 12.1 Å². The number of nitro benzene ring substituents is 1. The molecule has 1 atom stereocenters.